The van der Waals surface area contributed by atoms with Crippen molar-refractivity contribution in [1.82, 2.24) is 25.1 Å². The smallest absolute Gasteiger partial charge is 0.269 e. The van der Waals surface area contributed by atoms with E-state index in [4.69, 9.17) is 4.74 Å². The number of ether oxygens (including phenoxy) is 1. The number of nitro groups is 1. The van der Waals surface area contributed by atoms with Crippen LogP contribution in [0.1, 0.15) is 12.5 Å². The Hall–Kier alpha value is -3.51. The normalized spacial score (nSPS) is 11.2. The molecule has 3 aromatic rings. The summed E-state index contributed by atoms with van der Waals surface area (Å²) in [6.07, 6.45) is 4.70. The molecule has 0 saturated carbocycles. The number of thioether (sulfide) groups is 1. The van der Waals surface area contributed by atoms with Gasteiger partial charge in [0.15, 0.2) is 10.8 Å². The average molecular weight is 472 g/mol. The van der Waals surface area contributed by atoms with E-state index >= 15 is 0 Å². The number of hydrogen-bond acceptors (Lipinski definition) is 9. The van der Waals surface area contributed by atoms with Crippen LogP contribution < -0.4 is 10.6 Å². The first kappa shape index (κ1) is 24.1. The summed E-state index contributed by atoms with van der Waals surface area (Å²) in [6.45, 7) is 3.99. The number of aromatic nitrogens is 4. The Morgan fingerprint density at radius 3 is 2.76 bits per heavy atom. The molecule has 0 radical (unpaired) electrons. The predicted octanol–water partition coefficient (Wildman–Crippen LogP) is 2.73. The van der Waals surface area contributed by atoms with Gasteiger partial charge in [-0.25, -0.2) is 14.6 Å². The summed E-state index contributed by atoms with van der Waals surface area (Å²) in [7, 11) is 1.64. The molecule has 0 unspecified atom stereocenters. The fourth-order valence-corrected chi connectivity index (χ4v) is 3.49. The van der Waals surface area contributed by atoms with Gasteiger partial charge in [0.05, 0.1) is 29.7 Å². The number of anilines is 1. The molecular weight excluding hydrogens is 446 g/mol. The van der Waals surface area contributed by atoms with Gasteiger partial charge in [0.2, 0.25) is 5.91 Å². The Labute approximate surface area is 194 Å². The first-order chi connectivity index (χ1) is 16.0. The topological polar surface area (TPSA) is 137 Å². The molecule has 0 saturated heterocycles. The third kappa shape index (κ3) is 6.73. The Kier molecular flexibility index (Phi) is 8.72. The van der Waals surface area contributed by atoms with Crippen molar-refractivity contribution < 1.29 is 14.5 Å². The summed E-state index contributed by atoms with van der Waals surface area (Å²) in [5.74, 6) is 1.27. The van der Waals surface area contributed by atoms with Crippen molar-refractivity contribution >= 4 is 46.3 Å². The largest absolute Gasteiger partial charge is 0.383 e. The lowest BCUT2D eigenvalue weighted by Gasteiger charge is -2.09. The molecule has 0 aliphatic carbocycles. The molecule has 0 atom stereocenters. The van der Waals surface area contributed by atoms with E-state index in [0.29, 0.717) is 48.4 Å². The number of benzene rings is 1. The fourth-order valence-electron chi connectivity index (χ4n) is 2.92. The minimum absolute atomic E-state index is 0.00408. The molecule has 33 heavy (non-hydrogen) atoms. The van der Waals surface area contributed by atoms with E-state index in [2.05, 4.69) is 25.7 Å². The van der Waals surface area contributed by atoms with Crippen LogP contribution in [0.5, 0.6) is 0 Å². The van der Waals surface area contributed by atoms with E-state index in [1.54, 1.807) is 48.0 Å². The summed E-state index contributed by atoms with van der Waals surface area (Å²) in [5.41, 5.74) is 1.39. The van der Waals surface area contributed by atoms with Crippen molar-refractivity contribution in [2.45, 2.75) is 18.6 Å². The van der Waals surface area contributed by atoms with Gasteiger partial charge in [-0.2, -0.15) is 5.10 Å². The second-order valence-electron chi connectivity index (χ2n) is 6.79. The molecule has 11 nitrogen and oxygen atoms in total. The van der Waals surface area contributed by atoms with Crippen molar-refractivity contribution in [2.24, 2.45) is 0 Å². The molecule has 12 heteroatoms. The first-order valence-corrected chi connectivity index (χ1v) is 11.3. The van der Waals surface area contributed by atoms with Crippen molar-refractivity contribution in [1.29, 1.82) is 0 Å². The second-order valence-corrected chi connectivity index (χ2v) is 8.02. The number of carbonyl (C=O) groups is 1. The highest BCUT2D eigenvalue weighted by Gasteiger charge is 2.13. The molecular formula is C21H25N7O4S. The summed E-state index contributed by atoms with van der Waals surface area (Å²) in [5, 5.41) is 22.6. The van der Waals surface area contributed by atoms with Gasteiger partial charge in [0.1, 0.15) is 5.82 Å². The highest BCUT2D eigenvalue weighted by atomic mass is 32.2. The van der Waals surface area contributed by atoms with E-state index < -0.39 is 4.92 Å². The van der Waals surface area contributed by atoms with E-state index in [9.17, 15) is 14.9 Å². The number of rotatable bonds is 12. The maximum absolute atomic E-state index is 12.1. The summed E-state index contributed by atoms with van der Waals surface area (Å²) < 4.78 is 6.83. The summed E-state index contributed by atoms with van der Waals surface area (Å²) in [6, 6.07) is 5.96. The number of methoxy groups -OCH3 is 1. The standard InChI is InChI=1S/C21H25N7O4S/c1-3-33-21-25-19(23-11-13-32-2)17-14-24-27(20(17)26-21)12-10-22-18(29)9-6-15-4-7-16(8-5-15)28(30)31/h4-9,14H,3,10-13H2,1-2H3,(H,22,29)(H,23,25,26)/b9-6-. The van der Waals surface area contributed by atoms with Crippen LogP contribution in [0, 0.1) is 10.1 Å². The minimum atomic E-state index is -0.466. The molecule has 0 aliphatic rings. The van der Waals surface area contributed by atoms with Crippen LogP contribution in [0.2, 0.25) is 0 Å². The van der Waals surface area contributed by atoms with E-state index in [-0.39, 0.29) is 11.6 Å². The summed E-state index contributed by atoms with van der Waals surface area (Å²) >= 11 is 1.54. The quantitative estimate of drug-likeness (QED) is 0.102. The number of amides is 1. The SMILES string of the molecule is CCSc1nc(NCCOC)c2cnn(CCNC(=O)/C=C\c3ccc([N+](=O)[O-])cc3)c2n1. The minimum Gasteiger partial charge on any atom is -0.383 e. The summed E-state index contributed by atoms with van der Waals surface area (Å²) in [4.78, 5) is 31.6. The zero-order chi connectivity index (χ0) is 23.6. The monoisotopic (exact) mass is 471 g/mol. The number of nitrogens with one attached hydrogen (secondary N) is 2. The van der Waals surface area contributed by atoms with Gasteiger partial charge in [-0.15, -0.1) is 0 Å². The lowest BCUT2D eigenvalue weighted by Crippen LogP contribution is -2.25. The van der Waals surface area contributed by atoms with Crippen molar-refractivity contribution in [3.05, 3.63) is 52.2 Å². The van der Waals surface area contributed by atoms with Crippen LogP contribution in [0.15, 0.2) is 41.7 Å². The molecule has 2 aromatic heterocycles. The van der Waals surface area contributed by atoms with Gasteiger partial charge in [-0.1, -0.05) is 18.7 Å². The van der Waals surface area contributed by atoms with Gasteiger partial charge in [0, 0.05) is 38.4 Å². The fraction of sp³-hybridized carbons (Fsp3) is 0.333. The zero-order valence-electron chi connectivity index (χ0n) is 18.4. The second kappa shape index (κ2) is 11.9. The molecule has 2 heterocycles. The molecule has 1 aromatic carbocycles. The molecule has 174 valence electrons. The first-order valence-electron chi connectivity index (χ1n) is 10.3. The maximum Gasteiger partial charge on any atom is 0.269 e. The number of nitrogens with zero attached hydrogens (tertiary/aromatic N) is 5. The lowest BCUT2D eigenvalue weighted by molar-refractivity contribution is -0.384. The highest BCUT2D eigenvalue weighted by Crippen LogP contribution is 2.24. The molecule has 2 N–H and O–H groups in total. The van der Waals surface area contributed by atoms with E-state index in [0.717, 1.165) is 11.1 Å². The number of nitro benzene ring substituents is 1. The average Bonchev–Trinajstić information content (AvgIpc) is 3.21. The van der Waals surface area contributed by atoms with Crippen molar-refractivity contribution in [2.75, 3.05) is 37.9 Å². The molecule has 3 rings (SSSR count). The number of carbonyl (C=O) groups excluding carboxylic acids is 1. The van der Waals surface area contributed by atoms with Gasteiger partial charge < -0.3 is 15.4 Å². The maximum atomic E-state index is 12.1. The Bertz CT molecular complexity index is 1130. The van der Waals surface area contributed by atoms with Gasteiger partial charge in [-0.05, 0) is 29.5 Å². The van der Waals surface area contributed by atoms with Crippen molar-refractivity contribution in [3.8, 4) is 0 Å². The van der Waals surface area contributed by atoms with Gasteiger partial charge >= 0.3 is 0 Å². The number of non-ortho nitro benzene ring substituents is 1. The molecule has 0 aliphatic heterocycles. The third-order valence-electron chi connectivity index (χ3n) is 4.50. The Morgan fingerprint density at radius 1 is 1.27 bits per heavy atom. The van der Waals surface area contributed by atoms with E-state index in [1.165, 1.54) is 18.2 Å². The van der Waals surface area contributed by atoms with Crippen LogP contribution in [0.3, 0.4) is 0 Å². The molecule has 0 fully saturated rings. The molecule has 0 spiro atoms. The van der Waals surface area contributed by atoms with Crippen molar-refractivity contribution in [3.63, 3.8) is 0 Å². The Morgan fingerprint density at radius 2 is 2.06 bits per heavy atom. The lowest BCUT2D eigenvalue weighted by atomic mass is 10.2. The predicted molar refractivity (Wildman–Crippen MR) is 127 cm³/mol. The van der Waals surface area contributed by atoms with Gasteiger partial charge in [-0.3, -0.25) is 14.9 Å². The van der Waals surface area contributed by atoms with Crippen LogP contribution in [0.4, 0.5) is 11.5 Å². The highest BCUT2D eigenvalue weighted by molar-refractivity contribution is 7.99. The zero-order valence-corrected chi connectivity index (χ0v) is 19.2. The Balaban J connectivity index is 1.62. The molecule has 0 bridgehead atoms. The van der Waals surface area contributed by atoms with Crippen LogP contribution in [-0.2, 0) is 16.1 Å². The van der Waals surface area contributed by atoms with E-state index in [1.807, 2.05) is 6.92 Å². The van der Waals surface area contributed by atoms with Crippen LogP contribution >= 0.6 is 11.8 Å². The number of hydrogen-bond donors (Lipinski definition) is 2. The third-order valence-corrected chi connectivity index (χ3v) is 5.23. The van der Waals surface area contributed by atoms with Gasteiger partial charge in [0.25, 0.3) is 5.69 Å². The van der Waals surface area contributed by atoms with Crippen LogP contribution in [0.25, 0.3) is 17.1 Å². The number of fused-ring (bicyclic) bond motifs is 1. The molecule has 1 amide bonds. The van der Waals surface area contributed by atoms with Crippen LogP contribution in [-0.4, -0.2) is 63.1 Å².